The minimum absolute atomic E-state index is 0.636. The molecule has 1 heterocycles. The molecule has 1 aliphatic rings. The SMILES string of the molecule is CC(C)C1CC(Nc2cnn(Cc3ccccc3)c2)C1. The molecule has 1 saturated carbocycles. The van der Waals surface area contributed by atoms with Crippen LogP contribution < -0.4 is 5.32 Å². The third-order valence-corrected chi connectivity index (χ3v) is 4.31. The van der Waals surface area contributed by atoms with E-state index in [2.05, 4.69) is 54.7 Å². The first-order valence-electron chi connectivity index (χ1n) is 7.53. The molecular weight excluding hydrogens is 246 g/mol. The monoisotopic (exact) mass is 269 g/mol. The number of nitrogens with zero attached hydrogens (tertiary/aromatic N) is 2. The molecule has 1 N–H and O–H groups in total. The smallest absolute Gasteiger partial charge is 0.0728 e. The molecule has 0 unspecified atom stereocenters. The third kappa shape index (κ3) is 3.03. The van der Waals surface area contributed by atoms with Gasteiger partial charge in [-0.2, -0.15) is 5.10 Å². The van der Waals surface area contributed by atoms with Gasteiger partial charge in [0.1, 0.15) is 0 Å². The number of hydrogen-bond donors (Lipinski definition) is 1. The number of benzene rings is 1. The zero-order valence-electron chi connectivity index (χ0n) is 12.3. The Balaban J connectivity index is 1.53. The van der Waals surface area contributed by atoms with Gasteiger partial charge in [0.15, 0.2) is 0 Å². The van der Waals surface area contributed by atoms with Gasteiger partial charge in [0.2, 0.25) is 0 Å². The highest BCUT2D eigenvalue weighted by Gasteiger charge is 2.31. The molecule has 0 saturated heterocycles. The van der Waals surface area contributed by atoms with Crippen molar-refractivity contribution in [3.8, 4) is 0 Å². The highest BCUT2D eigenvalue weighted by atomic mass is 15.3. The summed E-state index contributed by atoms with van der Waals surface area (Å²) in [6.07, 6.45) is 6.63. The molecule has 0 radical (unpaired) electrons. The van der Waals surface area contributed by atoms with Gasteiger partial charge in [-0.25, -0.2) is 0 Å². The second kappa shape index (κ2) is 5.70. The van der Waals surface area contributed by atoms with E-state index in [1.54, 1.807) is 0 Å². The van der Waals surface area contributed by atoms with Crippen molar-refractivity contribution >= 4 is 5.69 Å². The van der Waals surface area contributed by atoms with Crippen LogP contribution in [0.15, 0.2) is 42.7 Å². The maximum absolute atomic E-state index is 4.43. The van der Waals surface area contributed by atoms with Crippen molar-refractivity contribution in [2.75, 3.05) is 5.32 Å². The maximum Gasteiger partial charge on any atom is 0.0728 e. The van der Waals surface area contributed by atoms with Crippen LogP contribution in [0.1, 0.15) is 32.3 Å². The van der Waals surface area contributed by atoms with E-state index in [1.807, 2.05) is 16.9 Å². The van der Waals surface area contributed by atoms with E-state index in [-0.39, 0.29) is 0 Å². The summed E-state index contributed by atoms with van der Waals surface area (Å²) < 4.78 is 2.00. The fraction of sp³-hybridized carbons (Fsp3) is 0.471. The highest BCUT2D eigenvalue weighted by molar-refractivity contribution is 5.40. The summed E-state index contributed by atoms with van der Waals surface area (Å²) in [5, 5.41) is 8.02. The third-order valence-electron chi connectivity index (χ3n) is 4.31. The number of aromatic nitrogens is 2. The van der Waals surface area contributed by atoms with Gasteiger partial charge in [0.25, 0.3) is 0 Å². The van der Waals surface area contributed by atoms with Crippen molar-refractivity contribution in [1.29, 1.82) is 0 Å². The summed E-state index contributed by atoms with van der Waals surface area (Å²) >= 11 is 0. The van der Waals surface area contributed by atoms with E-state index in [9.17, 15) is 0 Å². The Morgan fingerprint density at radius 2 is 2.00 bits per heavy atom. The summed E-state index contributed by atoms with van der Waals surface area (Å²) in [6.45, 7) is 5.47. The summed E-state index contributed by atoms with van der Waals surface area (Å²) in [5.74, 6) is 1.71. The van der Waals surface area contributed by atoms with Gasteiger partial charge in [0, 0.05) is 12.2 Å². The number of nitrogens with one attached hydrogen (secondary N) is 1. The van der Waals surface area contributed by atoms with E-state index < -0.39 is 0 Å². The van der Waals surface area contributed by atoms with Crippen molar-refractivity contribution in [3.63, 3.8) is 0 Å². The topological polar surface area (TPSA) is 29.9 Å². The van der Waals surface area contributed by atoms with Crippen LogP contribution in [0.4, 0.5) is 5.69 Å². The molecule has 0 amide bonds. The molecule has 2 aromatic rings. The Bertz CT molecular complexity index is 538. The van der Waals surface area contributed by atoms with E-state index in [0.717, 1.165) is 24.1 Å². The molecular formula is C17H23N3. The molecule has 1 fully saturated rings. The van der Waals surface area contributed by atoms with E-state index in [1.165, 1.54) is 18.4 Å². The van der Waals surface area contributed by atoms with Crippen LogP contribution in [0.3, 0.4) is 0 Å². The standard InChI is InChI=1S/C17H23N3/c1-13(2)15-8-16(9-15)19-17-10-18-20(12-17)11-14-6-4-3-5-7-14/h3-7,10,12-13,15-16,19H,8-9,11H2,1-2H3. The van der Waals surface area contributed by atoms with Gasteiger partial charge >= 0.3 is 0 Å². The van der Waals surface area contributed by atoms with Crippen LogP contribution in [0.5, 0.6) is 0 Å². The zero-order chi connectivity index (χ0) is 13.9. The first-order valence-corrected chi connectivity index (χ1v) is 7.53. The molecule has 106 valence electrons. The minimum Gasteiger partial charge on any atom is -0.380 e. The lowest BCUT2D eigenvalue weighted by Gasteiger charge is -2.38. The Kier molecular flexibility index (Phi) is 3.77. The normalized spacial score (nSPS) is 21.8. The first kappa shape index (κ1) is 13.2. The summed E-state index contributed by atoms with van der Waals surface area (Å²) in [6, 6.07) is 11.1. The molecule has 0 spiro atoms. The molecule has 20 heavy (non-hydrogen) atoms. The summed E-state index contributed by atoms with van der Waals surface area (Å²) in [5.41, 5.74) is 2.43. The van der Waals surface area contributed by atoms with Gasteiger partial charge in [-0.15, -0.1) is 0 Å². The van der Waals surface area contributed by atoms with E-state index >= 15 is 0 Å². The minimum atomic E-state index is 0.636. The van der Waals surface area contributed by atoms with Crippen LogP contribution in [-0.4, -0.2) is 15.8 Å². The average molecular weight is 269 g/mol. The zero-order valence-corrected chi connectivity index (χ0v) is 12.3. The van der Waals surface area contributed by atoms with Crippen LogP contribution in [-0.2, 0) is 6.54 Å². The molecule has 3 nitrogen and oxygen atoms in total. The van der Waals surface area contributed by atoms with Gasteiger partial charge in [-0.3, -0.25) is 4.68 Å². The molecule has 1 aromatic carbocycles. The van der Waals surface area contributed by atoms with Crippen LogP contribution in [0, 0.1) is 11.8 Å². The van der Waals surface area contributed by atoms with E-state index in [0.29, 0.717) is 6.04 Å². The maximum atomic E-state index is 4.43. The predicted octanol–water partition coefficient (Wildman–Crippen LogP) is 3.78. The highest BCUT2D eigenvalue weighted by Crippen LogP contribution is 2.35. The van der Waals surface area contributed by atoms with Gasteiger partial charge in [0.05, 0.1) is 18.4 Å². The fourth-order valence-corrected chi connectivity index (χ4v) is 2.85. The Labute approximate surface area is 121 Å². The van der Waals surface area contributed by atoms with E-state index in [4.69, 9.17) is 0 Å². The first-order chi connectivity index (χ1) is 9.70. The second-order valence-corrected chi connectivity index (χ2v) is 6.23. The van der Waals surface area contributed by atoms with Crippen molar-refractivity contribution in [2.24, 2.45) is 11.8 Å². The summed E-state index contributed by atoms with van der Waals surface area (Å²) in [4.78, 5) is 0. The molecule has 0 atom stereocenters. The largest absolute Gasteiger partial charge is 0.380 e. The molecule has 1 aromatic heterocycles. The van der Waals surface area contributed by atoms with Crippen LogP contribution >= 0.6 is 0 Å². The lowest BCUT2D eigenvalue weighted by molar-refractivity contribution is 0.212. The number of rotatable bonds is 5. The van der Waals surface area contributed by atoms with Gasteiger partial charge in [-0.05, 0) is 30.2 Å². The lowest BCUT2D eigenvalue weighted by atomic mass is 9.73. The number of anilines is 1. The van der Waals surface area contributed by atoms with Crippen molar-refractivity contribution in [2.45, 2.75) is 39.3 Å². The van der Waals surface area contributed by atoms with Crippen molar-refractivity contribution in [3.05, 3.63) is 48.3 Å². The average Bonchev–Trinajstić information content (AvgIpc) is 2.81. The van der Waals surface area contributed by atoms with Crippen LogP contribution in [0.25, 0.3) is 0 Å². The predicted molar refractivity (Wildman–Crippen MR) is 82.7 cm³/mol. The van der Waals surface area contributed by atoms with Crippen molar-refractivity contribution < 1.29 is 0 Å². The quantitative estimate of drug-likeness (QED) is 0.895. The van der Waals surface area contributed by atoms with Gasteiger partial charge < -0.3 is 5.32 Å². The Hall–Kier alpha value is -1.77. The van der Waals surface area contributed by atoms with Crippen LogP contribution in [0.2, 0.25) is 0 Å². The van der Waals surface area contributed by atoms with Crippen molar-refractivity contribution in [1.82, 2.24) is 9.78 Å². The second-order valence-electron chi connectivity index (χ2n) is 6.23. The van der Waals surface area contributed by atoms with Gasteiger partial charge in [-0.1, -0.05) is 44.2 Å². The Morgan fingerprint density at radius 1 is 1.25 bits per heavy atom. The fourth-order valence-electron chi connectivity index (χ4n) is 2.85. The molecule has 0 bridgehead atoms. The number of hydrogen-bond acceptors (Lipinski definition) is 2. The Morgan fingerprint density at radius 3 is 2.70 bits per heavy atom. The lowest BCUT2D eigenvalue weighted by Crippen LogP contribution is -2.37. The molecule has 3 heteroatoms. The molecule has 3 rings (SSSR count). The molecule has 1 aliphatic carbocycles. The molecule has 0 aliphatic heterocycles. The summed E-state index contributed by atoms with van der Waals surface area (Å²) in [7, 11) is 0.